The number of rotatable bonds is 10. The maximum Gasteiger partial charge on any atom is 0.229 e. The molecule has 0 bridgehead atoms. The SMILES string of the molecule is CCCCc1cc(NS(C)(=O)=O)ccc1OCCO[Si](C)(C)C(C)(C)C. The Hall–Kier alpha value is -1.05. The monoisotopic (exact) mass is 401 g/mol. The molecule has 0 saturated heterocycles. The maximum absolute atomic E-state index is 11.4. The summed E-state index contributed by atoms with van der Waals surface area (Å²) in [4.78, 5) is 0. The zero-order chi connectivity index (χ0) is 20.0. The van der Waals surface area contributed by atoms with Gasteiger partial charge >= 0.3 is 0 Å². The Bertz CT molecular complexity index is 681. The van der Waals surface area contributed by atoms with Crippen molar-refractivity contribution < 1.29 is 17.6 Å². The van der Waals surface area contributed by atoms with Crippen molar-refractivity contribution in [2.75, 3.05) is 24.2 Å². The van der Waals surface area contributed by atoms with Crippen LogP contribution in [0, 0.1) is 0 Å². The third-order valence-electron chi connectivity index (χ3n) is 4.77. The highest BCUT2D eigenvalue weighted by Crippen LogP contribution is 2.36. The van der Waals surface area contributed by atoms with Gasteiger partial charge in [0.15, 0.2) is 8.32 Å². The smallest absolute Gasteiger partial charge is 0.229 e. The van der Waals surface area contributed by atoms with E-state index in [1.165, 1.54) is 0 Å². The molecule has 5 nitrogen and oxygen atoms in total. The molecule has 0 aliphatic rings. The van der Waals surface area contributed by atoms with E-state index >= 15 is 0 Å². The average Bonchev–Trinajstić information content (AvgIpc) is 2.48. The molecule has 7 heteroatoms. The summed E-state index contributed by atoms with van der Waals surface area (Å²) < 4.78 is 37.5. The van der Waals surface area contributed by atoms with Gasteiger partial charge in [-0.2, -0.15) is 0 Å². The molecule has 0 aliphatic heterocycles. The van der Waals surface area contributed by atoms with Crippen LogP contribution in [0.15, 0.2) is 18.2 Å². The fourth-order valence-electron chi connectivity index (χ4n) is 2.23. The molecule has 1 aromatic carbocycles. The van der Waals surface area contributed by atoms with Crippen molar-refractivity contribution in [3.05, 3.63) is 23.8 Å². The van der Waals surface area contributed by atoms with E-state index in [2.05, 4.69) is 45.5 Å². The molecule has 150 valence electrons. The molecule has 0 atom stereocenters. The molecule has 0 amide bonds. The Morgan fingerprint density at radius 3 is 2.35 bits per heavy atom. The van der Waals surface area contributed by atoms with Gasteiger partial charge in [-0.15, -0.1) is 0 Å². The largest absolute Gasteiger partial charge is 0.491 e. The molecule has 0 saturated carbocycles. The van der Waals surface area contributed by atoms with Crippen molar-refractivity contribution in [1.29, 1.82) is 0 Å². The second kappa shape index (κ2) is 9.24. The number of aryl methyl sites for hydroxylation is 1. The summed E-state index contributed by atoms with van der Waals surface area (Å²) >= 11 is 0. The first-order chi connectivity index (χ1) is 11.9. The number of anilines is 1. The van der Waals surface area contributed by atoms with Crippen molar-refractivity contribution in [3.8, 4) is 5.75 Å². The van der Waals surface area contributed by atoms with Crippen LogP contribution in [0.25, 0.3) is 0 Å². The number of ether oxygens (including phenoxy) is 1. The van der Waals surface area contributed by atoms with Crippen molar-refractivity contribution >= 4 is 24.0 Å². The summed E-state index contributed by atoms with van der Waals surface area (Å²) in [6.45, 7) is 14.3. The van der Waals surface area contributed by atoms with Crippen molar-refractivity contribution in [1.82, 2.24) is 0 Å². The molecule has 0 unspecified atom stereocenters. The van der Waals surface area contributed by atoms with Crippen LogP contribution in [0.3, 0.4) is 0 Å². The molecular formula is C19H35NO4SSi. The van der Waals surface area contributed by atoms with E-state index in [0.717, 1.165) is 36.8 Å². The lowest BCUT2D eigenvalue weighted by molar-refractivity contribution is 0.202. The van der Waals surface area contributed by atoms with E-state index in [4.69, 9.17) is 9.16 Å². The van der Waals surface area contributed by atoms with Gasteiger partial charge in [0.1, 0.15) is 12.4 Å². The first-order valence-electron chi connectivity index (χ1n) is 9.23. The summed E-state index contributed by atoms with van der Waals surface area (Å²) in [5.74, 6) is 0.802. The van der Waals surface area contributed by atoms with Crippen molar-refractivity contribution in [3.63, 3.8) is 0 Å². The van der Waals surface area contributed by atoms with E-state index in [1.54, 1.807) is 6.07 Å². The Morgan fingerprint density at radius 1 is 1.15 bits per heavy atom. The molecule has 1 N–H and O–H groups in total. The van der Waals surface area contributed by atoms with Crippen LogP contribution < -0.4 is 9.46 Å². The van der Waals surface area contributed by atoms with Gasteiger partial charge in [0.25, 0.3) is 0 Å². The molecule has 0 aliphatic carbocycles. The van der Waals surface area contributed by atoms with Crippen LogP contribution >= 0.6 is 0 Å². The summed E-state index contributed by atoms with van der Waals surface area (Å²) in [5.41, 5.74) is 1.59. The number of nitrogens with one attached hydrogen (secondary N) is 1. The average molecular weight is 402 g/mol. The molecule has 26 heavy (non-hydrogen) atoms. The van der Waals surface area contributed by atoms with Crippen LogP contribution in [0.4, 0.5) is 5.69 Å². The highest BCUT2D eigenvalue weighted by Gasteiger charge is 2.36. The summed E-state index contributed by atoms with van der Waals surface area (Å²) in [5, 5.41) is 0.179. The van der Waals surface area contributed by atoms with Crippen LogP contribution in [0.1, 0.15) is 46.1 Å². The molecular weight excluding hydrogens is 366 g/mol. The van der Waals surface area contributed by atoms with Gasteiger partial charge in [-0.3, -0.25) is 4.72 Å². The van der Waals surface area contributed by atoms with Gasteiger partial charge in [0.2, 0.25) is 10.0 Å². The zero-order valence-corrected chi connectivity index (χ0v) is 19.1. The number of benzene rings is 1. The van der Waals surface area contributed by atoms with Crippen LogP contribution in [0.5, 0.6) is 5.75 Å². The molecule has 1 rings (SSSR count). The predicted molar refractivity (Wildman–Crippen MR) is 112 cm³/mol. The fourth-order valence-corrected chi connectivity index (χ4v) is 3.81. The van der Waals surface area contributed by atoms with Gasteiger partial charge in [-0.05, 0) is 54.7 Å². The Kier molecular flexibility index (Phi) is 8.17. The van der Waals surface area contributed by atoms with Crippen molar-refractivity contribution in [2.24, 2.45) is 0 Å². The van der Waals surface area contributed by atoms with Gasteiger partial charge < -0.3 is 9.16 Å². The molecule has 0 radical (unpaired) electrons. The third-order valence-corrected chi connectivity index (χ3v) is 9.92. The summed E-state index contributed by atoms with van der Waals surface area (Å²) in [6, 6.07) is 5.44. The second-order valence-corrected chi connectivity index (χ2v) is 14.8. The van der Waals surface area contributed by atoms with E-state index in [0.29, 0.717) is 18.9 Å². The second-order valence-electron chi connectivity index (χ2n) is 8.26. The lowest BCUT2D eigenvalue weighted by Gasteiger charge is -2.36. The highest BCUT2D eigenvalue weighted by molar-refractivity contribution is 7.92. The molecule has 1 aromatic rings. The van der Waals surface area contributed by atoms with Gasteiger partial charge in [-0.25, -0.2) is 8.42 Å². The van der Waals surface area contributed by atoms with Crippen molar-refractivity contribution in [2.45, 2.75) is 65.1 Å². The number of hydrogen-bond acceptors (Lipinski definition) is 4. The number of sulfonamides is 1. The first kappa shape index (κ1) is 23.0. The standard InChI is InChI=1S/C19H35NO4SSi/c1-8-9-10-16-15-17(20-25(5,21)22)11-12-18(16)23-13-14-24-26(6,7)19(2,3)4/h11-12,15,20H,8-10,13-14H2,1-7H3. The van der Waals surface area contributed by atoms with Crippen LogP contribution in [0.2, 0.25) is 18.1 Å². The Morgan fingerprint density at radius 2 is 1.81 bits per heavy atom. The first-order valence-corrected chi connectivity index (χ1v) is 14.0. The van der Waals surface area contributed by atoms with Crippen LogP contribution in [-0.2, 0) is 20.9 Å². The lowest BCUT2D eigenvalue weighted by Crippen LogP contribution is -2.41. The fraction of sp³-hybridized carbons (Fsp3) is 0.684. The predicted octanol–water partition coefficient (Wildman–Crippen LogP) is 4.80. The van der Waals surface area contributed by atoms with Gasteiger partial charge in [0.05, 0.1) is 12.9 Å². The quantitative estimate of drug-likeness (QED) is 0.452. The normalized spacial score (nSPS) is 12.9. The number of unbranched alkanes of at least 4 members (excludes halogenated alkanes) is 1. The minimum absolute atomic E-state index is 0.179. The highest BCUT2D eigenvalue weighted by atomic mass is 32.2. The zero-order valence-electron chi connectivity index (χ0n) is 17.3. The third kappa shape index (κ3) is 7.68. The Labute approximate surface area is 160 Å². The molecule has 0 spiro atoms. The van der Waals surface area contributed by atoms with E-state index in [9.17, 15) is 8.42 Å². The summed E-state index contributed by atoms with van der Waals surface area (Å²) in [6.07, 6.45) is 4.10. The van der Waals surface area contributed by atoms with E-state index in [-0.39, 0.29) is 5.04 Å². The topological polar surface area (TPSA) is 64.6 Å². The minimum atomic E-state index is -3.28. The number of hydrogen-bond donors (Lipinski definition) is 1. The summed E-state index contributed by atoms with van der Waals surface area (Å²) in [7, 11) is -5.05. The minimum Gasteiger partial charge on any atom is -0.491 e. The molecule has 0 fully saturated rings. The van der Waals surface area contributed by atoms with E-state index in [1.807, 2.05) is 12.1 Å². The maximum atomic E-state index is 11.4. The van der Waals surface area contributed by atoms with E-state index < -0.39 is 18.3 Å². The van der Waals surface area contributed by atoms with Crippen LogP contribution in [-0.4, -0.2) is 36.2 Å². The molecule has 0 aromatic heterocycles. The lowest BCUT2D eigenvalue weighted by atomic mass is 10.1. The Balaban J connectivity index is 2.75. The van der Waals surface area contributed by atoms with Gasteiger partial charge in [-0.1, -0.05) is 34.1 Å². The molecule has 0 heterocycles. The van der Waals surface area contributed by atoms with Gasteiger partial charge in [0, 0.05) is 5.69 Å².